The van der Waals surface area contributed by atoms with Crippen molar-refractivity contribution in [2.45, 2.75) is 32.2 Å². The number of anilines is 1. The first-order valence-corrected chi connectivity index (χ1v) is 11.7. The van der Waals surface area contributed by atoms with Crippen LogP contribution in [-0.2, 0) is 4.79 Å². The van der Waals surface area contributed by atoms with E-state index in [-0.39, 0.29) is 5.92 Å². The first-order chi connectivity index (χ1) is 16.2. The summed E-state index contributed by atoms with van der Waals surface area (Å²) >= 11 is 0. The number of piperazine rings is 1. The number of rotatable bonds is 5. The van der Waals surface area contributed by atoms with Gasteiger partial charge in [0.15, 0.2) is 11.4 Å². The van der Waals surface area contributed by atoms with Crippen molar-refractivity contribution in [1.29, 1.82) is 0 Å². The number of imidazole rings is 1. The summed E-state index contributed by atoms with van der Waals surface area (Å²) in [7, 11) is 0. The number of ether oxygens (including phenoxy) is 1. The number of hydrogen-bond donors (Lipinski definition) is 1. The number of carbonyl (C=O) groups excluding carboxylic acids is 1. The molecule has 2 aliphatic rings. The Morgan fingerprint density at radius 1 is 1.27 bits per heavy atom. The molecule has 33 heavy (non-hydrogen) atoms. The van der Waals surface area contributed by atoms with E-state index in [2.05, 4.69) is 39.4 Å². The molecule has 1 aliphatic carbocycles. The van der Waals surface area contributed by atoms with Crippen LogP contribution in [0.15, 0.2) is 47.0 Å². The summed E-state index contributed by atoms with van der Waals surface area (Å²) in [5, 5.41) is 9.20. The summed E-state index contributed by atoms with van der Waals surface area (Å²) in [5.74, 6) is 1.84. The van der Waals surface area contributed by atoms with E-state index in [1.807, 2.05) is 24.3 Å². The van der Waals surface area contributed by atoms with Crippen molar-refractivity contribution in [3.8, 4) is 17.3 Å². The minimum absolute atomic E-state index is 0.276. The van der Waals surface area contributed by atoms with E-state index in [4.69, 9.17) is 9.15 Å². The summed E-state index contributed by atoms with van der Waals surface area (Å²) in [6.45, 7) is 5.65. The Labute approximate surface area is 191 Å². The van der Waals surface area contributed by atoms with E-state index >= 15 is 0 Å². The smallest absolute Gasteiger partial charge is 0.231 e. The maximum absolute atomic E-state index is 11.5. The third-order valence-corrected chi connectivity index (χ3v) is 6.75. The van der Waals surface area contributed by atoms with Crippen LogP contribution in [0.4, 0.5) is 5.69 Å². The molecule has 0 amide bonds. The zero-order chi connectivity index (χ0) is 22.4. The topological polar surface area (TPSA) is 84.9 Å². The molecule has 8 nitrogen and oxygen atoms in total. The molecular weight excluding hydrogens is 418 g/mol. The number of benzene rings is 1. The average Bonchev–Trinajstić information content (AvgIpc) is 3.55. The normalized spacial score (nSPS) is 21.4. The largest absolute Gasteiger partial charge is 0.476 e. The number of nitrogens with one attached hydrogen (secondary N) is 1. The maximum Gasteiger partial charge on any atom is 0.231 e. The summed E-state index contributed by atoms with van der Waals surface area (Å²) in [5.41, 5.74) is 3.54. The Morgan fingerprint density at radius 2 is 2.21 bits per heavy atom. The lowest BCUT2D eigenvalue weighted by Crippen LogP contribution is -2.49. The van der Waals surface area contributed by atoms with E-state index in [1.54, 1.807) is 10.7 Å². The molecule has 8 heteroatoms. The Hall–Kier alpha value is -3.39. The molecule has 0 radical (unpaired) electrons. The van der Waals surface area contributed by atoms with Crippen molar-refractivity contribution in [2.24, 2.45) is 5.92 Å². The van der Waals surface area contributed by atoms with E-state index in [9.17, 15) is 4.79 Å². The first-order valence-electron chi connectivity index (χ1n) is 11.7. The highest BCUT2D eigenvalue weighted by molar-refractivity contribution is 5.94. The second-order valence-corrected chi connectivity index (χ2v) is 9.09. The van der Waals surface area contributed by atoms with Crippen LogP contribution in [0.3, 0.4) is 0 Å². The lowest BCUT2D eigenvalue weighted by Gasteiger charge is -2.36. The van der Waals surface area contributed by atoms with Gasteiger partial charge >= 0.3 is 0 Å². The van der Waals surface area contributed by atoms with Gasteiger partial charge in [0, 0.05) is 61.6 Å². The minimum Gasteiger partial charge on any atom is -0.476 e. The Kier molecular flexibility index (Phi) is 5.02. The molecule has 1 aromatic carbocycles. The number of carbonyl (C=O) groups is 1. The van der Waals surface area contributed by atoms with Crippen LogP contribution >= 0.6 is 0 Å². The molecule has 2 atom stereocenters. The number of nitrogens with zero attached hydrogens (tertiary/aromatic N) is 4. The highest BCUT2D eigenvalue weighted by Crippen LogP contribution is 2.35. The van der Waals surface area contributed by atoms with Crippen molar-refractivity contribution in [2.75, 3.05) is 31.1 Å². The molecule has 0 unspecified atom stereocenters. The van der Waals surface area contributed by atoms with Crippen LogP contribution in [0.5, 0.6) is 5.88 Å². The number of fused-ring (bicyclic) bond motifs is 2. The van der Waals surface area contributed by atoms with Crippen molar-refractivity contribution in [3.63, 3.8) is 0 Å². The molecule has 1 N–H and O–H groups in total. The molecule has 1 saturated carbocycles. The number of Topliss-reactive ketones (excluding diaryl/α,β-unsaturated/α-hetero) is 1. The fourth-order valence-corrected chi connectivity index (χ4v) is 4.96. The Bertz CT molecular complexity index is 1330. The van der Waals surface area contributed by atoms with Gasteiger partial charge in [0.25, 0.3) is 0 Å². The van der Waals surface area contributed by atoms with Crippen LogP contribution in [0, 0.1) is 5.92 Å². The zero-order valence-electron chi connectivity index (χ0n) is 18.7. The van der Waals surface area contributed by atoms with Gasteiger partial charge < -0.3 is 19.4 Å². The standard InChI is InChI=1S/C25H27N5O3/c1-16-13-26-9-10-29(16)20-3-2-4-22-19(20)12-23(33-22)21-14-27-24-7-8-25(28-30(21)24)32-15-17-5-6-18(31)11-17/h2-4,7-8,12,14,16-17,26H,5-6,9-11,13,15H2,1H3/t16-,17-/m1/s1. The number of ketones is 1. The van der Waals surface area contributed by atoms with Gasteiger partial charge in [0.1, 0.15) is 17.1 Å². The van der Waals surface area contributed by atoms with Gasteiger partial charge in [-0.3, -0.25) is 4.79 Å². The zero-order valence-corrected chi connectivity index (χ0v) is 18.7. The minimum atomic E-state index is 0.276. The Balaban J connectivity index is 1.32. The van der Waals surface area contributed by atoms with Gasteiger partial charge in [-0.1, -0.05) is 6.07 Å². The fourth-order valence-electron chi connectivity index (χ4n) is 4.96. The lowest BCUT2D eigenvalue weighted by atomic mass is 10.1. The fraction of sp³-hybridized carbons (Fsp3) is 0.400. The monoisotopic (exact) mass is 445 g/mol. The first kappa shape index (κ1) is 20.2. The van der Waals surface area contributed by atoms with Gasteiger partial charge in [0.05, 0.1) is 12.8 Å². The van der Waals surface area contributed by atoms with Crippen molar-refractivity contribution in [3.05, 3.63) is 42.6 Å². The quantitative estimate of drug-likeness (QED) is 0.501. The Morgan fingerprint density at radius 3 is 3.06 bits per heavy atom. The summed E-state index contributed by atoms with van der Waals surface area (Å²) in [6.07, 6.45) is 3.94. The maximum atomic E-state index is 11.5. The van der Waals surface area contributed by atoms with Crippen molar-refractivity contribution in [1.82, 2.24) is 19.9 Å². The third kappa shape index (κ3) is 3.74. The SMILES string of the molecule is C[C@@H]1CNCCN1c1cccc2oc(-c3cnc4ccc(OC[C@@H]5CCC(=O)C5)nn34)cc12. The predicted octanol–water partition coefficient (Wildman–Crippen LogP) is 3.69. The summed E-state index contributed by atoms with van der Waals surface area (Å²) in [6, 6.07) is 12.4. The molecule has 6 rings (SSSR count). The molecule has 4 heterocycles. The van der Waals surface area contributed by atoms with E-state index in [0.717, 1.165) is 54.1 Å². The summed E-state index contributed by atoms with van der Waals surface area (Å²) in [4.78, 5) is 18.5. The highest BCUT2D eigenvalue weighted by atomic mass is 16.5. The van der Waals surface area contributed by atoms with Crippen LogP contribution < -0.4 is 15.0 Å². The molecule has 3 aromatic heterocycles. The van der Waals surface area contributed by atoms with Gasteiger partial charge in [-0.15, -0.1) is 5.10 Å². The molecular formula is C25H27N5O3. The highest BCUT2D eigenvalue weighted by Gasteiger charge is 2.24. The van der Waals surface area contributed by atoms with Gasteiger partial charge in [-0.25, -0.2) is 9.50 Å². The van der Waals surface area contributed by atoms with E-state index < -0.39 is 0 Å². The van der Waals surface area contributed by atoms with Gasteiger partial charge in [0.2, 0.25) is 5.88 Å². The van der Waals surface area contributed by atoms with Crippen molar-refractivity contribution >= 4 is 28.1 Å². The number of hydrogen-bond acceptors (Lipinski definition) is 7. The van der Waals surface area contributed by atoms with Gasteiger partial charge in [-0.2, -0.15) is 0 Å². The van der Waals surface area contributed by atoms with Crippen LogP contribution in [-0.4, -0.2) is 52.7 Å². The van der Waals surface area contributed by atoms with Gasteiger partial charge in [-0.05, 0) is 37.6 Å². The molecule has 1 saturated heterocycles. The van der Waals surface area contributed by atoms with Crippen molar-refractivity contribution < 1.29 is 13.9 Å². The molecule has 1 aliphatic heterocycles. The molecule has 170 valence electrons. The lowest BCUT2D eigenvalue weighted by molar-refractivity contribution is -0.117. The van der Waals surface area contributed by atoms with Crippen LogP contribution in [0.1, 0.15) is 26.2 Å². The average molecular weight is 446 g/mol. The predicted molar refractivity (Wildman–Crippen MR) is 126 cm³/mol. The molecule has 0 spiro atoms. The van der Waals surface area contributed by atoms with Crippen LogP contribution in [0.25, 0.3) is 28.1 Å². The summed E-state index contributed by atoms with van der Waals surface area (Å²) < 4.78 is 13.9. The number of furan rings is 1. The molecule has 4 aromatic rings. The third-order valence-electron chi connectivity index (χ3n) is 6.75. The molecule has 2 fully saturated rings. The van der Waals surface area contributed by atoms with E-state index in [1.165, 1.54) is 5.69 Å². The second kappa shape index (κ2) is 8.19. The van der Waals surface area contributed by atoms with E-state index in [0.29, 0.717) is 37.2 Å². The molecule has 0 bridgehead atoms. The second-order valence-electron chi connectivity index (χ2n) is 9.09. The van der Waals surface area contributed by atoms with Crippen LogP contribution in [0.2, 0.25) is 0 Å². The number of aromatic nitrogens is 3.